The maximum atomic E-state index is 13.5. The number of phenols is 1. The highest BCUT2D eigenvalue weighted by Crippen LogP contribution is 2.42. The van der Waals surface area contributed by atoms with Crippen LogP contribution in [0.2, 0.25) is 0 Å². The van der Waals surface area contributed by atoms with Gasteiger partial charge in [0, 0.05) is 6.04 Å². The van der Waals surface area contributed by atoms with Gasteiger partial charge < -0.3 is 15.2 Å². The molecule has 0 spiro atoms. The quantitative estimate of drug-likeness (QED) is 0.307. The Hall–Kier alpha value is -3.01. The zero-order valence-electron chi connectivity index (χ0n) is 21.6. The minimum Gasteiger partial charge on any atom is -0.506 e. The highest BCUT2D eigenvalue weighted by Gasteiger charge is 2.32. The highest BCUT2D eigenvalue weighted by molar-refractivity contribution is 6.00. The Labute approximate surface area is 210 Å². The number of aryl methyl sites for hydroxylation is 1. The molecule has 186 valence electrons. The van der Waals surface area contributed by atoms with Crippen LogP contribution in [0.25, 0.3) is 6.08 Å². The van der Waals surface area contributed by atoms with Gasteiger partial charge >= 0.3 is 0 Å². The summed E-state index contributed by atoms with van der Waals surface area (Å²) in [7, 11) is 0. The molecule has 4 nitrogen and oxygen atoms in total. The predicted octanol–water partition coefficient (Wildman–Crippen LogP) is 6.93. The Morgan fingerprint density at radius 2 is 1.91 bits per heavy atom. The Kier molecular flexibility index (Phi) is 7.69. The third-order valence-corrected chi connectivity index (χ3v) is 7.19. The highest BCUT2D eigenvalue weighted by atomic mass is 16.5. The number of hydrogen-bond donors (Lipinski definition) is 2. The molecule has 0 bridgehead atoms. The van der Waals surface area contributed by atoms with Crippen LogP contribution in [0.4, 0.5) is 0 Å². The van der Waals surface area contributed by atoms with Gasteiger partial charge in [0.1, 0.15) is 17.1 Å². The number of allylic oxidation sites excluding steroid dienone is 2. The molecule has 1 heterocycles. The van der Waals surface area contributed by atoms with E-state index in [1.807, 2.05) is 30.4 Å². The largest absolute Gasteiger partial charge is 0.506 e. The van der Waals surface area contributed by atoms with Crippen molar-refractivity contribution >= 4 is 12.0 Å². The van der Waals surface area contributed by atoms with Gasteiger partial charge in [-0.2, -0.15) is 0 Å². The molecule has 2 aliphatic rings. The van der Waals surface area contributed by atoms with Crippen LogP contribution in [0.3, 0.4) is 0 Å². The number of unbranched alkanes of at least 4 members (excludes halogenated alkanes) is 2. The molecule has 2 aromatic carbocycles. The zero-order valence-corrected chi connectivity index (χ0v) is 21.6. The van der Waals surface area contributed by atoms with Gasteiger partial charge in [0.15, 0.2) is 0 Å². The van der Waals surface area contributed by atoms with Gasteiger partial charge in [0.25, 0.3) is 5.91 Å². The third-order valence-electron chi connectivity index (χ3n) is 7.19. The molecule has 4 rings (SSSR count). The molecular weight excluding hydrogens is 434 g/mol. The summed E-state index contributed by atoms with van der Waals surface area (Å²) in [5, 5.41) is 14.5. The van der Waals surface area contributed by atoms with E-state index in [-0.39, 0.29) is 17.7 Å². The van der Waals surface area contributed by atoms with Crippen LogP contribution in [0.5, 0.6) is 11.5 Å². The number of nitrogens with one attached hydrogen (secondary N) is 1. The fourth-order valence-corrected chi connectivity index (χ4v) is 5.22. The second-order valence-electron chi connectivity index (χ2n) is 10.5. The van der Waals surface area contributed by atoms with Crippen LogP contribution in [-0.2, 0) is 19.3 Å². The summed E-state index contributed by atoms with van der Waals surface area (Å²) in [6.45, 7) is 8.46. The summed E-state index contributed by atoms with van der Waals surface area (Å²) in [5.41, 5.74) is 5.31. The molecule has 1 aliphatic carbocycles. The average molecular weight is 474 g/mol. The van der Waals surface area contributed by atoms with Crippen molar-refractivity contribution in [1.82, 2.24) is 5.32 Å². The summed E-state index contributed by atoms with van der Waals surface area (Å²) < 4.78 is 6.43. The van der Waals surface area contributed by atoms with E-state index in [9.17, 15) is 9.90 Å². The van der Waals surface area contributed by atoms with Crippen LogP contribution in [0.1, 0.15) is 92.4 Å². The standard InChI is InChI=1S/C31H39NO3/c1-5-6-7-14-24-20-27-26(15-17-31(4,35-27)16-10-11-21(2)3)29(33)28(24)30(34)32-25-18-22-12-8-9-13-23(22)19-25/h8-9,11-13,15,17,20,25,33H,5-7,10,14,16,18-19H2,1-4H3,(H,32,34). The van der Waals surface area contributed by atoms with Crippen LogP contribution >= 0.6 is 0 Å². The van der Waals surface area contributed by atoms with Gasteiger partial charge in [0.05, 0.1) is 11.1 Å². The molecule has 1 amide bonds. The van der Waals surface area contributed by atoms with Crippen molar-refractivity contribution in [3.8, 4) is 11.5 Å². The van der Waals surface area contributed by atoms with Gasteiger partial charge in [-0.25, -0.2) is 0 Å². The van der Waals surface area contributed by atoms with E-state index in [2.05, 4.69) is 51.2 Å². The smallest absolute Gasteiger partial charge is 0.255 e. The molecule has 0 saturated heterocycles. The summed E-state index contributed by atoms with van der Waals surface area (Å²) in [6.07, 6.45) is 13.5. The molecule has 2 N–H and O–H groups in total. The monoisotopic (exact) mass is 473 g/mol. The number of carbonyl (C=O) groups is 1. The lowest BCUT2D eigenvalue weighted by atomic mass is 9.90. The first-order chi connectivity index (χ1) is 16.8. The molecule has 35 heavy (non-hydrogen) atoms. The minimum atomic E-state index is -0.439. The van der Waals surface area contributed by atoms with Crippen LogP contribution in [0, 0.1) is 0 Å². The summed E-state index contributed by atoms with van der Waals surface area (Å²) >= 11 is 0. The number of carbonyl (C=O) groups excluding carboxylic acids is 1. The molecule has 0 radical (unpaired) electrons. The van der Waals surface area contributed by atoms with Crippen molar-refractivity contribution in [2.45, 2.75) is 90.7 Å². The number of benzene rings is 2. The van der Waals surface area contributed by atoms with Crippen molar-refractivity contribution in [1.29, 1.82) is 0 Å². The van der Waals surface area contributed by atoms with Crippen molar-refractivity contribution in [3.05, 3.63) is 75.9 Å². The second kappa shape index (κ2) is 10.7. The molecule has 1 atom stereocenters. The third kappa shape index (κ3) is 5.80. The van der Waals surface area contributed by atoms with Crippen molar-refractivity contribution in [2.75, 3.05) is 0 Å². The van der Waals surface area contributed by atoms with Gasteiger partial charge in [-0.15, -0.1) is 0 Å². The number of hydrogen-bond acceptors (Lipinski definition) is 3. The molecule has 1 aliphatic heterocycles. The SMILES string of the molecule is CCCCCc1cc2c(c(O)c1C(=O)NC1Cc3ccccc3C1)C=CC(C)(CCC=C(C)C)O2. The maximum Gasteiger partial charge on any atom is 0.255 e. The van der Waals surface area contributed by atoms with E-state index in [0.29, 0.717) is 16.9 Å². The Morgan fingerprint density at radius 1 is 1.20 bits per heavy atom. The molecule has 4 heteroatoms. The lowest BCUT2D eigenvalue weighted by Crippen LogP contribution is -2.36. The summed E-state index contributed by atoms with van der Waals surface area (Å²) in [4.78, 5) is 13.5. The van der Waals surface area contributed by atoms with Crippen LogP contribution < -0.4 is 10.1 Å². The fraction of sp³-hybridized carbons (Fsp3) is 0.452. The second-order valence-corrected chi connectivity index (χ2v) is 10.5. The van der Waals surface area contributed by atoms with Crippen LogP contribution in [0.15, 0.2) is 48.1 Å². The fourth-order valence-electron chi connectivity index (χ4n) is 5.22. The number of phenolic OH excluding ortho intramolecular Hbond substituents is 1. The van der Waals surface area contributed by atoms with E-state index >= 15 is 0 Å². The first-order valence-electron chi connectivity index (χ1n) is 13.1. The first kappa shape index (κ1) is 25.1. The van der Waals surface area contributed by atoms with Gasteiger partial charge in [-0.3, -0.25) is 4.79 Å². The Morgan fingerprint density at radius 3 is 2.57 bits per heavy atom. The number of amides is 1. The van der Waals surface area contributed by atoms with Gasteiger partial charge in [-0.05, 0) is 94.2 Å². The maximum absolute atomic E-state index is 13.5. The molecule has 2 aromatic rings. The minimum absolute atomic E-state index is 0.0320. The first-order valence-corrected chi connectivity index (χ1v) is 13.1. The topological polar surface area (TPSA) is 58.6 Å². The van der Waals surface area contributed by atoms with Crippen LogP contribution in [-0.4, -0.2) is 22.7 Å². The molecule has 1 unspecified atom stereocenters. The normalized spacial score (nSPS) is 18.5. The van der Waals surface area contributed by atoms with E-state index < -0.39 is 5.60 Å². The van der Waals surface area contributed by atoms with Gasteiger partial charge in [0.2, 0.25) is 0 Å². The Bertz CT molecular complexity index is 1120. The van der Waals surface area contributed by atoms with Gasteiger partial charge in [-0.1, -0.05) is 55.7 Å². The van der Waals surface area contributed by atoms with E-state index in [0.717, 1.165) is 56.9 Å². The van der Waals surface area contributed by atoms with E-state index in [1.54, 1.807) is 0 Å². The Balaban J connectivity index is 1.59. The number of aromatic hydroxyl groups is 1. The molecule has 0 aromatic heterocycles. The number of ether oxygens (including phenoxy) is 1. The summed E-state index contributed by atoms with van der Waals surface area (Å²) in [6, 6.07) is 10.4. The van der Waals surface area contributed by atoms with E-state index in [4.69, 9.17) is 4.74 Å². The predicted molar refractivity (Wildman–Crippen MR) is 143 cm³/mol. The van der Waals surface area contributed by atoms with E-state index in [1.165, 1.54) is 16.7 Å². The molecule has 0 saturated carbocycles. The van der Waals surface area contributed by atoms with Crippen molar-refractivity contribution in [2.24, 2.45) is 0 Å². The zero-order chi connectivity index (χ0) is 25.0. The summed E-state index contributed by atoms with van der Waals surface area (Å²) in [5.74, 6) is 0.505. The molecule has 0 fully saturated rings. The lowest BCUT2D eigenvalue weighted by Gasteiger charge is -2.32. The number of fused-ring (bicyclic) bond motifs is 2. The number of rotatable bonds is 9. The molecular formula is C31H39NO3. The van der Waals surface area contributed by atoms with Crippen molar-refractivity contribution < 1.29 is 14.6 Å². The average Bonchev–Trinajstić information content (AvgIpc) is 3.21. The van der Waals surface area contributed by atoms with Crippen molar-refractivity contribution in [3.63, 3.8) is 0 Å². The lowest BCUT2D eigenvalue weighted by molar-refractivity contribution is 0.0934.